The number of aromatic nitrogens is 1. The van der Waals surface area contributed by atoms with Gasteiger partial charge in [-0.05, 0) is 12.1 Å². The molecular formula is C8H7BrF3NS. The number of hydrogen-bond donors (Lipinski definition) is 0. The Hall–Kier alpha value is -0.230. The molecule has 1 nitrogen and oxygen atoms in total. The van der Waals surface area contributed by atoms with Gasteiger partial charge in [0.1, 0.15) is 0 Å². The normalized spacial score (nSPS) is 11.7. The second-order valence-electron chi connectivity index (χ2n) is 2.42. The Morgan fingerprint density at radius 3 is 2.50 bits per heavy atom. The third kappa shape index (κ3) is 3.49. The summed E-state index contributed by atoms with van der Waals surface area (Å²) in [6.07, 6.45) is -3.44. The zero-order valence-electron chi connectivity index (χ0n) is 7.01. The van der Waals surface area contributed by atoms with Gasteiger partial charge in [-0.2, -0.15) is 13.2 Å². The Balaban J connectivity index is 2.69. The van der Waals surface area contributed by atoms with Crippen molar-refractivity contribution in [1.82, 2.24) is 4.98 Å². The third-order valence-corrected chi connectivity index (χ3v) is 3.26. The summed E-state index contributed by atoms with van der Waals surface area (Å²) < 4.78 is 36.4. The van der Waals surface area contributed by atoms with E-state index in [4.69, 9.17) is 0 Å². The monoisotopic (exact) mass is 285 g/mol. The van der Waals surface area contributed by atoms with Crippen molar-refractivity contribution in [2.45, 2.75) is 11.2 Å². The zero-order valence-corrected chi connectivity index (χ0v) is 9.42. The number of hydrogen-bond acceptors (Lipinski definition) is 2. The molecule has 0 radical (unpaired) electrons. The Labute approximate surface area is 92.2 Å². The van der Waals surface area contributed by atoms with Gasteiger partial charge < -0.3 is 0 Å². The molecule has 1 aromatic heterocycles. The van der Waals surface area contributed by atoms with Crippen molar-refractivity contribution >= 4 is 27.7 Å². The van der Waals surface area contributed by atoms with Crippen LogP contribution in [0.1, 0.15) is 5.56 Å². The molecule has 78 valence electrons. The Morgan fingerprint density at radius 1 is 1.36 bits per heavy atom. The summed E-state index contributed by atoms with van der Waals surface area (Å²) in [4.78, 5) is 3.70. The van der Waals surface area contributed by atoms with Gasteiger partial charge in [-0.15, -0.1) is 11.8 Å². The van der Waals surface area contributed by atoms with Crippen molar-refractivity contribution in [3.8, 4) is 0 Å². The lowest BCUT2D eigenvalue weighted by atomic mass is 10.3. The first-order valence-corrected chi connectivity index (χ1v) is 5.87. The molecular weight excluding hydrogens is 279 g/mol. The lowest BCUT2D eigenvalue weighted by molar-refractivity contribution is -0.137. The first-order chi connectivity index (χ1) is 6.54. The van der Waals surface area contributed by atoms with E-state index >= 15 is 0 Å². The van der Waals surface area contributed by atoms with Crippen LogP contribution in [0.3, 0.4) is 0 Å². The predicted molar refractivity (Wildman–Crippen MR) is 53.8 cm³/mol. The highest BCUT2D eigenvalue weighted by Crippen LogP contribution is 2.29. The van der Waals surface area contributed by atoms with E-state index in [1.54, 1.807) is 0 Å². The first-order valence-electron chi connectivity index (χ1n) is 3.76. The summed E-state index contributed by atoms with van der Waals surface area (Å²) in [5.74, 6) is 0.790. The van der Waals surface area contributed by atoms with Crippen LogP contribution in [0, 0.1) is 0 Å². The maximum atomic E-state index is 12.1. The number of halogens is 4. The van der Waals surface area contributed by atoms with E-state index < -0.39 is 11.7 Å². The second kappa shape index (κ2) is 5.02. The molecule has 0 spiro atoms. The van der Waals surface area contributed by atoms with Gasteiger partial charge in [-0.3, -0.25) is 0 Å². The smallest absolute Gasteiger partial charge is 0.249 e. The first kappa shape index (κ1) is 11.8. The highest BCUT2D eigenvalue weighted by molar-refractivity contribution is 9.09. The average Bonchev–Trinajstić information content (AvgIpc) is 2.14. The molecule has 1 rings (SSSR count). The quantitative estimate of drug-likeness (QED) is 0.622. The van der Waals surface area contributed by atoms with Crippen molar-refractivity contribution in [1.29, 1.82) is 0 Å². The average molecular weight is 286 g/mol. The van der Waals surface area contributed by atoms with Crippen LogP contribution in [0.5, 0.6) is 0 Å². The molecule has 0 saturated carbocycles. The van der Waals surface area contributed by atoms with Crippen molar-refractivity contribution in [3.05, 3.63) is 23.9 Å². The molecule has 0 aliphatic carbocycles. The van der Waals surface area contributed by atoms with Gasteiger partial charge in [0.05, 0.1) is 10.6 Å². The van der Waals surface area contributed by atoms with Crippen LogP contribution in [0.25, 0.3) is 0 Å². The molecule has 0 bridgehead atoms. The number of pyridine rings is 1. The molecule has 6 heteroatoms. The van der Waals surface area contributed by atoms with Crippen LogP contribution in [0.4, 0.5) is 13.2 Å². The van der Waals surface area contributed by atoms with Crippen LogP contribution in [0.2, 0.25) is 0 Å². The minimum absolute atomic E-state index is 0.609. The molecule has 1 aromatic rings. The fourth-order valence-corrected chi connectivity index (χ4v) is 1.84. The minimum atomic E-state index is -4.30. The number of thioether (sulfide) groups is 1. The SMILES string of the molecule is FC(F)(F)c1ccc(SCCBr)nc1. The van der Waals surface area contributed by atoms with Crippen LogP contribution in [-0.2, 0) is 6.18 Å². The maximum Gasteiger partial charge on any atom is 0.417 e. The van der Waals surface area contributed by atoms with E-state index in [1.807, 2.05) is 0 Å². The van der Waals surface area contributed by atoms with E-state index in [2.05, 4.69) is 20.9 Å². The molecule has 0 aliphatic rings. The van der Waals surface area contributed by atoms with E-state index in [9.17, 15) is 13.2 Å². The summed E-state index contributed by atoms with van der Waals surface area (Å²) in [5.41, 5.74) is -0.708. The molecule has 0 saturated heterocycles. The van der Waals surface area contributed by atoms with Crippen molar-refractivity contribution in [3.63, 3.8) is 0 Å². The maximum absolute atomic E-state index is 12.1. The molecule has 0 aromatic carbocycles. The summed E-state index contributed by atoms with van der Waals surface area (Å²) in [5, 5.41) is 1.40. The fraction of sp³-hybridized carbons (Fsp3) is 0.375. The molecule has 1 heterocycles. The third-order valence-electron chi connectivity index (χ3n) is 1.39. The lowest BCUT2D eigenvalue weighted by Gasteiger charge is -2.05. The van der Waals surface area contributed by atoms with Gasteiger partial charge >= 0.3 is 6.18 Å². The van der Waals surface area contributed by atoms with Gasteiger partial charge in [-0.25, -0.2) is 4.98 Å². The highest BCUT2D eigenvalue weighted by atomic mass is 79.9. The summed E-state index contributed by atoms with van der Waals surface area (Å²) in [7, 11) is 0. The molecule has 0 aliphatic heterocycles. The van der Waals surface area contributed by atoms with E-state index in [0.717, 1.165) is 23.3 Å². The standard InChI is InChI=1S/C8H7BrF3NS/c9-3-4-14-7-2-1-6(5-13-7)8(10,11)12/h1-2,5H,3-4H2. The molecule has 0 N–H and O–H groups in total. The summed E-state index contributed by atoms with van der Waals surface area (Å²) in [6.45, 7) is 0. The molecule has 0 amide bonds. The largest absolute Gasteiger partial charge is 0.417 e. The molecule has 0 unspecified atom stereocenters. The fourth-order valence-electron chi connectivity index (χ4n) is 0.777. The van der Waals surface area contributed by atoms with Crippen LogP contribution in [0.15, 0.2) is 23.4 Å². The van der Waals surface area contributed by atoms with E-state index in [0.29, 0.717) is 5.03 Å². The summed E-state index contributed by atoms with van der Waals surface area (Å²) in [6, 6.07) is 2.43. The Kier molecular flexibility index (Phi) is 4.25. The lowest BCUT2D eigenvalue weighted by Crippen LogP contribution is -2.05. The zero-order chi connectivity index (χ0) is 10.6. The number of nitrogens with zero attached hydrogens (tertiary/aromatic N) is 1. The van der Waals surface area contributed by atoms with Crippen LogP contribution >= 0.6 is 27.7 Å². The summed E-state index contributed by atoms with van der Waals surface area (Å²) >= 11 is 4.64. The van der Waals surface area contributed by atoms with E-state index in [-0.39, 0.29) is 0 Å². The number of alkyl halides is 4. The minimum Gasteiger partial charge on any atom is -0.249 e. The van der Waals surface area contributed by atoms with Crippen molar-refractivity contribution < 1.29 is 13.2 Å². The second-order valence-corrected chi connectivity index (χ2v) is 4.33. The topological polar surface area (TPSA) is 12.9 Å². The Bertz CT molecular complexity index is 286. The molecule has 14 heavy (non-hydrogen) atoms. The Morgan fingerprint density at radius 2 is 2.07 bits per heavy atom. The van der Waals surface area contributed by atoms with Gasteiger partial charge in [-0.1, -0.05) is 15.9 Å². The van der Waals surface area contributed by atoms with Gasteiger partial charge in [0.2, 0.25) is 0 Å². The van der Waals surface area contributed by atoms with E-state index in [1.165, 1.54) is 17.8 Å². The van der Waals surface area contributed by atoms with Crippen LogP contribution < -0.4 is 0 Å². The predicted octanol–water partition coefficient (Wildman–Crippen LogP) is 3.59. The van der Waals surface area contributed by atoms with Crippen LogP contribution in [-0.4, -0.2) is 16.1 Å². The van der Waals surface area contributed by atoms with Gasteiger partial charge in [0, 0.05) is 17.3 Å². The number of rotatable bonds is 3. The highest BCUT2D eigenvalue weighted by Gasteiger charge is 2.30. The van der Waals surface area contributed by atoms with Crippen molar-refractivity contribution in [2.24, 2.45) is 0 Å². The molecule has 0 fully saturated rings. The molecule has 0 atom stereocenters. The van der Waals surface area contributed by atoms with Crippen molar-refractivity contribution in [2.75, 3.05) is 11.1 Å². The van der Waals surface area contributed by atoms with Gasteiger partial charge in [0.25, 0.3) is 0 Å². The van der Waals surface area contributed by atoms with Gasteiger partial charge in [0.15, 0.2) is 0 Å².